The number of benzene rings is 3. The molecule has 6 heteroatoms. The lowest BCUT2D eigenvalue weighted by atomic mass is 10.2. The van der Waals surface area contributed by atoms with Crippen LogP contribution in [0.1, 0.15) is 5.56 Å². The molecule has 0 atom stereocenters. The average molecular weight is 388 g/mol. The van der Waals surface area contributed by atoms with E-state index in [0.717, 1.165) is 16.9 Å². The monoisotopic (exact) mass is 387 g/mol. The van der Waals surface area contributed by atoms with E-state index in [4.69, 9.17) is 11.6 Å². The molecule has 0 amide bonds. The van der Waals surface area contributed by atoms with Crippen LogP contribution in [0.15, 0.2) is 91.1 Å². The van der Waals surface area contributed by atoms with Gasteiger partial charge in [0.2, 0.25) is 0 Å². The first kappa shape index (κ1) is 17.9. The van der Waals surface area contributed by atoms with Crippen LogP contribution in [0.4, 0.5) is 23.1 Å². The molecule has 0 saturated heterocycles. The summed E-state index contributed by atoms with van der Waals surface area (Å²) in [7, 11) is 0. The Morgan fingerprint density at radius 3 is 2.36 bits per heavy atom. The first-order chi connectivity index (χ1) is 13.8. The van der Waals surface area contributed by atoms with E-state index >= 15 is 0 Å². The third-order valence-corrected chi connectivity index (χ3v) is 4.37. The average Bonchev–Trinajstić information content (AvgIpc) is 2.74. The van der Waals surface area contributed by atoms with Crippen LogP contribution in [0.25, 0.3) is 0 Å². The maximum absolute atomic E-state index is 6.07. The number of hydrogen-bond donors (Lipinski definition) is 1. The van der Waals surface area contributed by atoms with Crippen molar-refractivity contribution in [2.24, 2.45) is 0 Å². The number of anilines is 4. The molecule has 4 aromatic rings. The Labute approximate surface area is 168 Å². The van der Waals surface area contributed by atoms with E-state index in [9.17, 15) is 0 Å². The van der Waals surface area contributed by atoms with Gasteiger partial charge in [-0.05, 0) is 35.9 Å². The molecule has 0 aliphatic rings. The summed E-state index contributed by atoms with van der Waals surface area (Å²) < 4.78 is 0. The second-order valence-corrected chi connectivity index (χ2v) is 6.62. The van der Waals surface area contributed by atoms with E-state index in [2.05, 4.69) is 32.6 Å². The summed E-state index contributed by atoms with van der Waals surface area (Å²) in [5.41, 5.74) is 2.99. The summed E-state index contributed by atoms with van der Waals surface area (Å²) in [5.74, 6) is 1.11. The quantitative estimate of drug-likeness (QED) is 0.466. The van der Waals surface area contributed by atoms with Crippen molar-refractivity contribution in [1.82, 2.24) is 15.2 Å². The summed E-state index contributed by atoms with van der Waals surface area (Å²) in [5, 5.41) is 12.3. The summed E-state index contributed by atoms with van der Waals surface area (Å²) in [6.45, 7) is 0.632. The van der Waals surface area contributed by atoms with Gasteiger partial charge in [-0.3, -0.25) is 0 Å². The van der Waals surface area contributed by atoms with Crippen molar-refractivity contribution in [2.75, 3.05) is 10.2 Å². The fourth-order valence-electron chi connectivity index (χ4n) is 2.83. The van der Waals surface area contributed by atoms with Crippen LogP contribution in [-0.4, -0.2) is 15.2 Å². The van der Waals surface area contributed by atoms with Crippen molar-refractivity contribution in [1.29, 1.82) is 0 Å². The van der Waals surface area contributed by atoms with Crippen molar-refractivity contribution in [2.45, 2.75) is 6.54 Å². The van der Waals surface area contributed by atoms with Gasteiger partial charge >= 0.3 is 0 Å². The topological polar surface area (TPSA) is 53.9 Å². The number of para-hydroxylation sites is 1. The van der Waals surface area contributed by atoms with Crippen molar-refractivity contribution < 1.29 is 0 Å². The molecule has 0 spiro atoms. The zero-order chi connectivity index (χ0) is 19.2. The lowest BCUT2D eigenvalue weighted by Crippen LogP contribution is -2.20. The highest BCUT2D eigenvalue weighted by Gasteiger charge is 2.14. The Hall–Kier alpha value is -3.44. The molecular formula is C22H18ClN5. The Kier molecular flexibility index (Phi) is 5.45. The van der Waals surface area contributed by atoms with Gasteiger partial charge in [-0.15, -0.1) is 5.10 Å². The van der Waals surface area contributed by atoms with Crippen LogP contribution in [0.2, 0.25) is 5.02 Å². The molecule has 0 radical (unpaired) electrons. The van der Waals surface area contributed by atoms with Crippen molar-refractivity contribution in [3.05, 3.63) is 102 Å². The molecule has 0 aliphatic heterocycles. The van der Waals surface area contributed by atoms with Gasteiger partial charge in [0.05, 0.1) is 12.7 Å². The van der Waals surface area contributed by atoms with Gasteiger partial charge in [0.15, 0.2) is 5.82 Å². The van der Waals surface area contributed by atoms with Crippen molar-refractivity contribution in [3.8, 4) is 0 Å². The van der Waals surface area contributed by atoms with Crippen LogP contribution >= 0.6 is 11.6 Å². The largest absolute Gasteiger partial charge is 0.339 e. The fourth-order valence-corrected chi connectivity index (χ4v) is 3.02. The molecule has 138 valence electrons. The lowest BCUT2D eigenvalue weighted by molar-refractivity contribution is 0.865. The van der Waals surface area contributed by atoms with Gasteiger partial charge in [-0.2, -0.15) is 10.1 Å². The second-order valence-electron chi connectivity index (χ2n) is 6.18. The molecule has 1 aromatic heterocycles. The standard InChI is InChI=1S/C22H18ClN5/c23-18-10-7-11-19(14-18)25-21-15-24-27-22(26-21)28(20-12-5-2-6-13-20)16-17-8-3-1-4-9-17/h1-15H,16H2,(H,25,26,27). The van der Waals surface area contributed by atoms with Crippen LogP contribution in [0.5, 0.6) is 0 Å². The van der Waals surface area contributed by atoms with E-state index in [1.807, 2.05) is 77.7 Å². The van der Waals surface area contributed by atoms with Crippen LogP contribution in [0.3, 0.4) is 0 Å². The normalized spacial score (nSPS) is 10.5. The maximum Gasteiger partial charge on any atom is 0.252 e. The van der Waals surface area contributed by atoms with Gasteiger partial charge in [0.25, 0.3) is 5.95 Å². The number of aromatic nitrogens is 3. The predicted octanol–water partition coefficient (Wildman–Crippen LogP) is 5.61. The van der Waals surface area contributed by atoms with Crippen molar-refractivity contribution >= 4 is 34.7 Å². The van der Waals surface area contributed by atoms with Crippen LogP contribution < -0.4 is 10.2 Å². The zero-order valence-corrected chi connectivity index (χ0v) is 15.8. The second kappa shape index (κ2) is 8.50. The Morgan fingerprint density at radius 2 is 1.61 bits per heavy atom. The summed E-state index contributed by atoms with van der Waals surface area (Å²) in [6, 6.07) is 27.7. The highest BCUT2D eigenvalue weighted by atomic mass is 35.5. The first-order valence-electron chi connectivity index (χ1n) is 8.87. The third-order valence-electron chi connectivity index (χ3n) is 4.14. The Bertz CT molecular complexity index is 1040. The minimum atomic E-state index is 0.516. The molecule has 1 heterocycles. The van der Waals surface area contributed by atoms with E-state index < -0.39 is 0 Å². The smallest absolute Gasteiger partial charge is 0.252 e. The molecule has 28 heavy (non-hydrogen) atoms. The van der Waals surface area contributed by atoms with E-state index in [0.29, 0.717) is 23.3 Å². The number of nitrogens with zero attached hydrogens (tertiary/aromatic N) is 4. The van der Waals surface area contributed by atoms with Crippen molar-refractivity contribution in [3.63, 3.8) is 0 Å². The molecule has 0 unspecified atom stereocenters. The van der Waals surface area contributed by atoms with Gasteiger partial charge < -0.3 is 10.2 Å². The van der Waals surface area contributed by atoms with E-state index in [-0.39, 0.29) is 0 Å². The predicted molar refractivity (Wildman–Crippen MR) is 113 cm³/mol. The molecule has 0 bridgehead atoms. The van der Waals surface area contributed by atoms with Gasteiger partial charge in [-0.1, -0.05) is 66.2 Å². The zero-order valence-electron chi connectivity index (χ0n) is 15.0. The SMILES string of the molecule is Clc1cccc(Nc2cnnc(N(Cc3ccccc3)c3ccccc3)n2)c1. The Morgan fingerprint density at radius 1 is 0.857 bits per heavy atom. The lowest BCUT2D eigenvalue weighted by Gasteiger charge is -2.22. The van der Waals surface area contributed by atoms with Crippen LogP contribution in [-0.2, 0) is 6.54 Å². The third kappa shape index (κ3) is 4.45. The van der Waals surface area contributed by atoms with E-state index in [1.165, 1.54) is 0 Å². The molecule has 0 aliphatic carbocycles. The highest BCUT2D eigenvalue weighted by molar-refractivity contribution is 6.30. The highest BCUT2D eigenvalue weighted by Crippen LogP contribution is 2.25. The van der Waals surface area contributed by atoms with Gasteiger partial charge in [-0.25, -0.2) is 0 Å². The minimum Gasteiger partial charge on any atom is -0.339 e. The molecule has 1 N–H and O–H groups in total. The minimum absolute atomic E-state index is 0.516. The maximum atomic E-state index is 6.07. The van der Waals surface area contributed by atoms with Crippen LogP contribution in [0, 0.1) is 0 Å². The molecule has 3 aromatic carbocycles. The summed E-state index contributed by atoms with van der Waals surface area (Å²) in [6.07, 6.45) is 1.59. The molecule has 0 saturated carbocycles. The molecule has 4 rings (SSSR count). The van der Waals surface area contributed by atoms with Gasteiger partial charge in [0, 0.05) is 16.4 Å². The number of rotatable bonds is 6. The Balaban J connectivity index is 1.66. The summed E-state index contributed by atoms with van der Waals surface area (Å²) in [4.78, 5) is 6.70. The van der Waals surface area contributed by atoms with E-state index in [1.54, 1.807) is 6.20 Å². The number of hydrogen-bond acceptors (Lipinski definition) is 5. The summed E-state index contributed by atoms with van der Waals surface area (Å²) >= 11 is 6.07. The first-order valence-corrected chi connectivity index (χ1v) is 9.24. The number of nitrogens with one attached hydrogen (secondary N) is 1. The molecule has 0 fully saturated rings. The molecular weight excluding hydrogens is 370 g/mol. The fraction of sp³-hybridized carbons (Fsp3) is 0.0455. The number of halogens is 1. The van der Waals surface area contributed by atoms with Gasteiger partial charge in [0.1, 0.15) is 0 Å². The molecule has 5 nitrogen and oxygen atoms in total.